The van der Waals surface area contributed by atoms with Gasteiger partial charge in [-0.15, -0.1) is 0 Å². The summed E-state index contributed by atoms with van der Waals surface area (Å²) in [4.78, 5) is 0. The van der Waals surface area contributed by atoms with Crippen LogP contribution < -0.4 is 0 Å². The largest absolute Gasteiger partial charge is 0.309 e. The Morgan fingerprint density at radius 2 is 0.917 bits per heavy atom. The van der Waals surface area contributed by atoms with E-state index in [1.54, 1.807) is 0 Å². The van der Waals surface area contributed by atoms with Crippen LogP contribution in [0.25, 0.3) is 77.2 Å². The van der Waals surface area contributed by atoms with Gasteiger partial charge in [-0.2, -0.15) is 10.5 Å². The predicted octanol–water partition coefficient (Wildman–Crippen LogP) is 11.0. The first-order chi connectivity index (χ1) is 23.7. The summed E-state index contributed by atoms with van der Waals surface area (Å²) < 4.78 is 4.52. The summed E-state index contributed by atoms with van der Waals surface area (Å²) in [5, 5.41) is 25.4. The average Bonchev–Trinajstić information content (AvgIpc) is 3.67. The first-order valence-corrected chi connectivity index (χ1v) is 15.9. The minimum Gasteiger partial charge on any atom is -0.309 e. The molecule has 0 bridgehead atoms. The second-order valence-corrected chi connectivity index (χ2v) is 12.0. The van der Waals surface area contributed by atoms with Crippen molar-refractivity contribution in [3.05, 3.63) is 169 Å². The Labute approximate surface area is 277 Å². The van der Waals surface area contributed by atoms with Gasteiger partial charge in [0, 0.05) is 32.8 Å². The first-order valence-electron chi connectivity index (χ1n) is 15.9. The van der Waals surface area contributed by atoms with Gasteiger partial charge in [-0.3, -0.25) is 0 Å². The van der Waals surface area contributed by atoms with Crippen molar-refractivity contribution in [1.82, 2.24) is 9.13 Å². The number of aromatic nitrogens is 2. The average molecular weight is 611 g/mol. The van der Waals surface area contributed by atoms with Crippen LogP contribution in [0.15, 0.2) is 158 Å². The summed E-state index contributed by atoms with van der Waals surface area (Å²) in [6.45, 7) is 0. The van der Waals surface area contributed by atoms with Gasteiger partial charge in [-0.25, -0.2) is 0 Å². The number of rotatable bonds is 4. The van der Waals surface area contributed by atoms with Crippen LogP contribution in [0.1, 0.15) is 11.1 Å². The van der Waals surface area contributed by atoms with E-state index in [0.29, 0.717) is 11.1 Å². The molecule has 222 valence electrons. The van der Waals surface area contributed by atoms with Crippen LogP contribution >= 0.6 is 0 Å². The van der Waals surface area contributed by atoms with Crippen molar-refractivity contribution in [1.29, 1.82) is 10.5 Å². The highest BCUT2D eigenvalue weighted by Crippen LogP contribution is 2.39. The van der Waals surface area contributed by atoms with E-state index in [2.05, 4.69) is 137 Å². The minimum absolute atomic E-state index is 0.536. The lowest BCUT2D eigenvalue weighted by molar-refractivity contribution is 1.18. The predicted molar refractivity (Wildman–Crippen MR) is 195 cm³/mol. The van der Waals surface area contributed by atoms with Gasteiger partial charge < -0.3 is 9.13 Å². The third-order valence-corrected chi connectivity index (χ3v) is 9.37. The van der Waals surface area contributed by atoms with Gasteiger partial charge in [0.1, 0.15) is 0 Å². The number of fused-ring (bicyclic) bond motifs is 6. The van der Waals surface area contributed by atoms with E-state index in [0.717, 1.165) is 66.5 Å². The standard InChI is InChI=1S/C44H26N4/c45-27-29-23-31(26-33(24-29)47-41-17-7-2-12-36(41)37-13-3-8-18-42(37)47)34-22-21-30(25-32(34)28-46)35-11-1-6-16-40(35)48-43-19-9-4-14-38(43)39-15-5-10-20-44(39)48/h1-26H. The summed E-state index contributed by atoms with van der Waals surface area (Å²) in [6, 6.07) is 58.8. The molecule has 48 heavy (non-hydrogen) atoms. The Bertz CT molecular complexity index is 2710. The van der Waals surface area contributed by atoms with Gasteiger partial charge in [-0.1, -0.05) is 103 Å². The number of hydrogen-bond acceptors (Lipinski definition) is 2. The zero-order valence-corrected chi connectivity index (χ0v) is 25.8. The normalized spacial score (nSPS) is 11.3. The molecule has 0 aliphatic heterocycles. The van der Waals surface area contributed by atoms with Crippen molar-refractivity contribution >= 4 is 43.6 Å². The lowest BCUT2D eigenvalue weighted by Gasteiger charge is -2.16. The first kappa shape index (κ1) is 27.4. The number of para-hydroxylation sites is 5. The van der Waals surface area contributed by atoms with Crippen LogP contribution in [0.5, 0.6) is 0 Å². The molecule has 9 aromatic rings. The van der Waals surface area contributed by atoms with Crippen LogP contribution in [-0.4, -0.2) is 9.13 Å². The number of hydrogen-bond donors (Lipinski definition) is 0. The fourth-order valence-corrected chi connectivity index (χ4v) is 7.31. The van der Waals surface area contributed by atoms with E-state index in [1.807, 2.05) is 42.5 Å². The maximum absolute atomic E-state index is 10.5. The molecule has 2 heterocycles. The van der Waals surface area contributed by atoms with E-state index in [-0.39, 0.29) is 0 Å². The third-order valence-electron chi connectivity index (χ3n) is 9.37. The van der Waals surface area contributed by atoms with E-state index in [4.69, 9.17) is 0 Å². The molecule has 0 atom stereocenters. The zero-order valence-electron chi connectivity index (χ0n) is 25.8. The Hall–Kier alpha value is -6.88. The van der Waals surface area contributed by atoms with Gasteiger partial charge in [0.15, 0.2) is 0 Å². The van der Waals surface area contributed by atoms with Crippen molar-refractivity contribution in [2.45, 2.75) is 0 Å². The third kappa shape index (κ3) is 4.14. The van der Waals surface area contributed by atoms with Crippen molar-refractivity contribution < 1.29 is 0 Å². The molecule has 4 heteroatoms. The fourth-order valence-electron chi connectivity index (χ4n) is 7.31. The molecule has 0 saturated heterocycles. The fraction of sp³-hybridized carbons (Fsp3) is 0. The van der Waals surface area contributed by atoms with Crippen molar-refractivity contribution in [2.75, 3.05) is 0 Å². The number of nitrogens with zero attached hydrogens (tertiary/aromatic N) is 4. The van der Waals surface area contributed by atoms with Crippen LogP contribution in [0.3, 0.4) is 0 Å². The van der Waals surface area contributed by atoms with Gasteiger partial charge >= 0.3 is 0 Å². The maximum Gasteiger partial charge on any atom is 0.0998 e. The molecule has 2 aromatic heterocycles. The molecule has 4 nitrogen and oxygen atoms in total. The maximum atomic E-state index is 10.5. The van der Waals surface area contributed by atoms with E-state index >= 15 is 0 Å². The second kappa shape index (κ2) is 10.9. The highest BCUT2D eigenvalue weighted by molar-refractivity contribution is 6.10. The molecule has 7 aromatic carbocycles. The van der Waals surface area contributed by atoms with Gasteiger partial charge in [0.05, 0.1) is 51.0 Å². The molecule has 0 N–H and O–H groups in total. The Balaban J connectivity index is 1.22. The smallest absolute Gasteiger partial charge is 0.0998 e. The Kier molecular flexibility index (Phi) is 6.22. The SMILES string of the molecule is N#Cc1cc(-c2ccc(-c3ccccc3-n3c4ccccc4c4ccccc43)cc2C#N)cc(-n2c3ccccc3c3ccccc32)c1. The topological polar surface area (TPSA) is 57.4 Å². The Morgan fingerprint density at radius 3 is 1.48 bits per heavy atom. The summed E-state index contributed by atoms with van der Waals surface area (Å²) in [5.41, 5.74) is 11.0. The zero-order chi connectivity index (χ0) is 32.2. The van der Waals surface area contributed by atoms with Gasteiger partial charge in [-0.05, 0) is 71.3 Å². The summed E-state index contributed by atoms with van der Waals surface area (Å²) in [5.74, 6) is 0. The van der Waals surface area contributed by atoms with Gasteiger partial charge in [0.2, 0.25) is 0 Å². The molecule has 9 rings (SSSR count). The van der Waals surface area contributed by atoms with Crippen molar-refractivity contribution in [2.24, 2.45) is 0 Å². The lowest BCUT2D eigenvalue weighted by Crippen LogP contribution is -1.98. The van der Waals surface area contributed by atoms with Crippen molar-refractivity contribution in [3.8, 4) is 45.8 Å². The molecular formula is C44H26N4. The van der Waals surface area contributed by atoms with Crippen LogP contribution in [-0.2, 0) is 0 Å². The number of benzene rings is 7. The monoisotopic (exact) mass is 610 g/mol. The van der Waals surface area contributed by atoms with Gasteiger partial charge in [0.25, 0.3) is 0 Å². The van der Waals surface area contributed by atoms with Crippen LogP contribution in [0.2, 0.25) is 0 Å². The van der Waals surface area contributed by atoms with E-state index in [1.165, 1.54) is 10.8 Å². The van der Waals surface area contributed by atoms with Crippen molar-refractivity contribution in [3.63, 3.8) is 0 Å². The molecule has 0 spiro atoms. The molecule has 0 amide bonds. The Morgan fingerprint density at radius 1 is 0.396 bits per heavy atom. The molecule has 0 aliphatic carbocycles. The summed E-state index contributed by atoms with van der Waals surface area (Å²) in [7, 11) is 0. The molecule has 0 aliphatic rings. The summed E-state index contributed by atoms with van der Waals surface area (Å²) >= 11 is 0. The quantitative estimate of drug-likeness (QED) is 0.199. The minimum atomic E-state index is 0.536. The van der Waals surface area contributed by atoms with Crippen LogP contribution in [0, 0.1) is 22.7 Å². The highest BCUT2D eigenvalue weighted by Gasteiger charge is 2.18. The molecule has 0 unspecified atom stereocenters. The summed E-state index contributed by atoms with van der Waals surface area (Å²) in [6.07, 6.45) is 0. The van der Waals surface area contributed by atoms with E-state index in [9.17, 15) is 10.5 Å². The molecule has 0 fully saturated rings. The lowest BCUT2D eigenvalue weighted by atomic mass is 9.93. The molecule has 0 saturated carbocycles. The second-order valence-electron chi connectivity index (χ2n) is 12.0. The van der Waals surface area contributed by atoms with Crippen LogP contribution in [0.4, 0.5) is 0 Å². The van der Waals surface area contributed by atoms with E-state index < -0.39 is 0 Å². The molecule has 0 radical (unpaired) electrons. The number of nitriles is 2. The highest BCUT2D eigenvalue weighted by atomic mass is 15.0. The molecular weight excluding hydrogens is 585 g/mol.